The number of aliphatic hydroxyl groups is 2. The van der Waals surface area contributed by atoms with Crippen LogP contribution in [0.4, 0.5) is 0 Å². The van der Waals surface area contributed by atoms with Crippen molar-refractivity contribution in [3.8, 4) is 23.7 Å². The lowest BCUT2D eigenvalue weighted by atomic mass is 10.0. The summed E-state index contributed by atoms with van der Waals surface area (Å²) in [6, 6.07) is 0. The summed E-state index contributed by atoms with van der Waals surface area (Å²) < 4.78 is 10.0. The van der Waals surface area contributed by atoms with Crippen LogP contribution in [0, 0.1) is 23.7 Å². The largest absolute Gasteiger partial charge is 0.460 e. The lowest BCUT2D eigenvalue weighted by Crippen LogP contribution is -2.25. The third-order valence-electron chi connectivity index (χ3n) is 4.67. The van der Waals surface area contributed by atoms with Gasteiger partial charge in [-0.25, -0.2) is 4.79 Å². The first-order valence-corrected chi connectivity index (χ1v) is 9.88. The smallest absolute Gasteiger partial charge is 0.334 e. The van der Waals surface area contributed by atoms with Crippen LogP contribution in [0.3, 0.4) is 0 Å². The van der Waals surface area contributed by atoms with Crippen LogP contribution in [0.25, 0.3) is 0 Å². The lowest BCUT2D eigenvalue weighted by molar-refractivity contribution is -0.145. The predicted molar refractivity (Wildman–Crippen MR) is 103 cm³/mol. The average molecular weight is 388 g/mol. The summed E-state index contributed by atoms with van der Waals surface area (Å²) in [6.45, 7) is 1.78. The zero-order valence-electron chi connectivity index (χ0n) is 16.3. The summed E-state index contributed by atoms with van der Waals surface area (Å²) in [7, 11) is 0. The van der Waals surface area contributed by atoms with Crippen LogP contribution >= 0.6 is 0 Å². The van der Waals surface area contributed by atoms with Gasteiger partial charge in [-0.1, -0.05) is 24.7 Å². The third kappa shape index (κ3) is 7.76. The van der Waals surface area contributed by atoms with Gasteiger partial charge in [-0.05, 0) is 44.1 Å². The summed E-state index contributed by atoms with van der Waals surface area (Å²) in [5, 5.41) is 19.9. The summed E-state index contributed by atoms with van der Waals surface area (Å²) in [4.78, 5) is 22.5. The second-order valence-corrected chi connectivity index (χ2v) is 7.20. The van der Waals surface area contributed by atoms with Crippen LogP contribution in [0.2, 0.25) is 0 Å². The highest BCUT2D eigenvalue weighted by atomic mass is 16.6. The highest BCUT2D eigenvalue weighted by Crippen LogP contribution is 2.21. The Morgan fingerprint density at radius 1 is 1.14 bits per heavy atom. The standard InChI is InChI=1S/C22H28O6/c1-16-14-17(22(26)27-16)15-18(23)10-8-6-4-2-3-5-7-9-11-19(24)20-12-13-21(25)28-20/h14,16,18-20,23-24H,3,5,7,9-13,15H2,1H3/t16-,18+,19+,20+/m0/s1. The predicted octanol–water partition coefficient (Wildman–Crippen LogP) is 2.02. The number of hydrogen-bond acceptors (Lipinski definition) is 6. The fourth-order valence-corrected chi connectivity index (χ4v) is 3.17. The third-order valence-corrected chi connectivity index (χ3v) is 4.67. The fourth-order valence-electron chi connectivity index (χ4n) is 3.17. The molecule has 0 aromatic rings. The van der Waals surface area contributed by atoms with Crippen LogP contribution in [0.1, 0.15) is 64.7 Å². The summed E-state index contributed by atoms with van der Waals surface area (Å²) in [5.41, 5.74) is 0.504. The molecule has 152 valence electrons. The Morgan fingerprint density at radius 3 is 2.61 bits per heavy atom. The number of rotatable bonds is 9. The lowest BCUT2D eigenvalue weighted by Gasteiger charge is -2.16. The van der Waals surface area contributed by atoms with Gasteiger partial charge in [0.2, 0.25) is 0 Å². The van der Waals surface area contributed by atoms with E-state index in [9.17, 15) is 19.8 Å². The molecule has 2 aliphatic rings. The molecule has 0 aromatic carbocycles. The van der Waals surface area contributed by atoms with E-state index < -0.39 is 12.2 Å². The van der Waals surface area contributed by atoms with Crippen LogP contribution in [0.15, 0.2) is 11.6 Å². The number of carbonyl (C=O) groups excluding carboxylic acids is 2. The van der Waals surface area contributed by atoms with Crippen molar-refractivity contribution in [2.24, 2.45) is 0 Å². The van der Waals surface area contributed by atoms with E-state index in [1.54, 1.807) is 13.0 Å². The van der Waals surface area contributed by atoms with Crippen molar-refractivity contribution in [2.45, 2.75) is 89.1 Å². The van der Waals surface area contributed by atoms with Crippen molar-refractivity contribution in [3.05, 3.63) is 11.6 Å². The van der Waals surface area contributed by atoms with Gasteiger partial charge < -0.3 is 19.7 Å². The van der Waals surface area contributed by atoms with Crippen molar-refractivity contribution >= 4 is 11.9 Å². The SMILES string of the molecule is C[C@H]1C=C(C[C@H](O)CC#CC#CCCCCC[C@@H](O)[C@H]2CCC(=O)O2)C(=O)O1. The maximum absolute atomic E-state index is 11.5. The highest BCUT2D eigenvalue weighted by molar-refractivity contribution is 5.90. The van der Waals surface area contributed by atoms with Gasteiger partial charge in [0, 0.05) is 31.3 Å². The number of ether oxygens (including phenoxy) is 2. The van der Waals surface area contributed by atoms with Gasteiger partial charge in [-0.15, -0.1) is 0 Å². The molecule has 0 amide bonds. The molecule has 2 aliphatic heterocycles. The minimum Gasteiger partial charge on any atom is -0.460 e. The molecule has 0 bridgehead atoms. The molecule has 2 heterocycles. The Bertz CT molecular complexity index is 702. The topological polar surface area (TPSA) is 93.1 Å². The van der Waals surface area contributed by atoms with Crippen molar-refractivity contribution in [1.82, 2.24) is 0 Å². The Balaban J connectivity index is 1.51. The number of aliphatic hydroxyl groups excluding tert-OH is 2. The van der Waals surface area contributed by atoms with Gasteiger partial charge in [0.05, 0.1) is 12.2 Å². The molecule has 0 unspecified atom stereocenters. The molecule has 6 heteroatoms. The van der Waals surface area contributed by atoms with Gasteiger partial charge in [0.25, 0.3) is 0 Å². The maximum atomic E-state index is 11.5. The number of unbranched alkanes of at least 4 members (excludes halogenated alkanes) is 3. The van der Waals surface area contributed by atoms with Crippen LogP contribution in [0.5, 0.6) is 0 Å². The Kier molecular flexibility index (Phi) is 9.07. The Labute approximate surface area is 166 Å². The zero-order valence-corrected chi connectivity index (χ0v) is 16.3. The molecule has 0 spiro atoms. The van der Waals surface area contributed by atoms with Crippen LogP contribution < -0.4 is 0 Å². The van der Waals surface area contributed by atoms with Gasteiger partial charge in [0.15, 0.2) is 0 Å². The van der Waals surface area contributed by atoms with Gasteiger partial charge in [0.1, 0.15) is 12.2 Å². The van der Waals surface area contributed by atoms with Crippen LogP contribution in [-0.2, 0) is 19.1 Å². The highest BCUT2D eigenvalue weighted by Gasteiger charge is 2.29. The minimum absolute atomic E-state index is 0.222. The van der Waals surface area contributed by atoms with Crippen molar-refractivity contribution < 1.29 is 29.3 Å². The van der Waals surface area contributed by atoms with E-state index in [4.69, 9.17) is 9.47 Å². The van der Waals surface area contributed by atoms with E-state index in [1.807, 2.05) is 0 Å². The van der Waals surface area contributed by atoms with E-state index in [-0.39, 0.29) is 37.0 Å². The van der Waals surface area contributed by atoms with Gasteiger partial charge >= 0.3 is 11.9 Å². The molecule has 1 saturated heterocycles. The van der Waals surface area contributed by atoms with E-state index in [1.165, 1.54) is 0 Å². The van der Waals surface area contributed by atoms with E-state index >= 15 is 0 Å². The molecule has 2 rings (SSSR count). The molecule has 0 aromatic heterocycles. The first-order chi connectivity index (χ1) is 13.5. The molecule has 6 nitrogen and oxygen atoms in total. The summed E-state index contributed by atoms with van der Waals surface area (Å²) in [5.74, 6) is 10.7. The fraction of sp³-hybridized carbons (Fsp3) is 0.636. The Morgan fingerprint density at radius 2 is 1.93 bits per heavy atom. The van der Waals surface area contributed by atoms with Crippen molar-refractivity contribution in [3.63, 3.8) is 0 Å². The number of cyclic esters (lactones) is 2. The number of hydrogen-bond donors (Lipinski definition) is 2. The first-order valence-electron chi connectivity index (χ1n) is 9.88. The number of carbonyl (C=O) groups is 2. The monoisotopic (exact) mass is 388 g/mol. The molecule has 28 heavy (non-hydrogen) atoms. The van der Waals surface area contributed by atoms with Crippen molar-refractivity contribution in [2.75, 3.05) is 0 Å². The summed E-state index contributed by atoms with van der Waals surface area (Å²) >= 11 is 0. The molecule has 1 fully saturated rings. The zero-order chi connectivity index (χ0) is 20.4. The maximum Gasteiger partial charge on any atom is 0.334 e. The molecule has 2 N–H and O–H groups in total. The molecule has 0 aliphatic carbocycles. The molecule has 4 atom stereocenters. The average Bonchev–Trinajstić information content (AvgIpc) is 3.21. The molecular weight excluding hydrogens is 360 g/mol. The van der Waals surface area contributed by atoms with E-state index in [0.717, 1.165) is 25.7 Å². The molecular formula is C22H28O6. The molecule has 0 saturated carbocycles. The van der Waals surface area contributed by atoms with Gasteiger partial charge in [-0.2, -0.15) is 0 Å². The quantitative estimate of drug-likeness (QED) is 0.357. The normalized spacial score (nSPS) is 22.9. The van der Waals surface area contributed by atoms with Crippen LogP contribution in [-0.4, -0.2) is 46.6 Å². The van der Waals surface area contributed by atoms with Crippen molar-refractivity contribution in [1.29, 1.82) is 0 Å². The second kappa shape index (κ2) is 11.5. The van der Waals surface area contributed by atoms with E-state index in [2.05, 4.69) is 23.7 Å². The second-order valence-electron chi connectivity index (χ2n) is 7.20. The summed E-state index contributed by atoms with van der Waals surface area (Å²) in [6.07, 6.45) is 5.49. The minimum atomic E-state index is -0.705. The number of esters is 2. The van der Waals surface area contributed by atoms with E-state index in [0.29, 0.717) is 24.8 Å². The first kappa shape index (κ1) is 22.0. The molecule has 0 radical (unpaired) electrons. The van der Waals surface area contributed by atoms with Gasteiger partial charge in [-0.3, -0.25) is 4.79 Å². The Hall–Kier alpha value is -2.28.